The third-order valence-electron chi connectivity index (χ3n) is 7.33. The number of carbonyl (C=O) groups excluding carboxylic acids is 4. The average molecular weight is 667 g/mol. The van der Waals surface area contributed by atoms with Crippen LogP contribution < -0.4 is 15.4 Å². The average Bonchev–Trinajstić information content (AvgIpc) is 3.56. The van der Waals surface area contributed by atoms with Gasteiger partial charge in [0.05, 0.1) is 30.8 Å². The predicted molar refractivity (Wildman–Crippen MR) is 169 cm³/mol. The number of carbonyl (C=O) groups is 6. The molecule has 0 radical (unpaired) electrons. The minimum Gasteiger partial charge on any atom is -0.493 e. The van der Waals surface area contributed by atoms with Gasteiger partial charge < -0.3 is 34.9 Å². The van der Waals surface area contributed by atoms with Crippen LogP contribution in [0.2, 0.25) is 0 Å². The lowest BCUT2D eigenvalue weighted by atomic mass is 9.90. The molecule has 0 saturated carbocycles. The van der Waals surface area contributed by atoms with Gasteiger partial charge in [-0.15, -0.1) is 0 Å². The van der Waals surface area contributed by atoms with Crippen molar-refractivity contribution in [1.82, 2.24) is 20.6 Å². The third-order valence-corrected chi connectivity index (χ3v) is 7.33. The van der Waals surface area contributed by atoms with E-state index in [1.807, 2.05) is 30.3 Å². The zero-order valence-electron chi connectivity index (χ0n) is 26.5. The molecule has 2 aromatic carbocycles. The second kappa shape index (κ2) is 17.9. The molecule has 3 rings (SSSR count). The van der Waals surface area contributed by atoms with Gasteiger partial charge >= 0.3 is 11.9 Å². The standard InChI is InChI=1S/C33H38N4O11/c1-3-25(37(46)20-38)23(12-10-21-8-6-5-7-9-21)31(43)34-19-35-32(44)27-15-14-26(48-27)22-11-13-24(28(16-22)47-4-2)33(45)36(17-29(39)40)18-30(41)42/h5-9,11,13-16,20,23,25,46H,3-4,10,12,17-19H2,1-2H3,(H,34,43)(H,35,44)(H,39,40)(H,41,42)/t23-,25-/m1/s1. The molecule has 2 atom stereocenters. The molecule has 0 aliphatic rings. The summed E-state index contributed by atoms with van der Waals surface area (Å²) < 4.78 is 11.3. The van der Waals surface area contributed by atoms with Crippen molar-refractivity contribution in [3.8, 4) is 17.1 Å². The van der Waals surface area contributed by atoms with Crippen molar-refractivity contribution < 1.29 is 53.3 Å². The lowest BCUT2D eigenvalue weighted by Crippen LogP contribution is -2.47. The molecule has 0 bridgehead atoms. The highest BCUT2D eigenvalue weighted by atomic mass is 16.5. The Morgan fingerprint density at radius 2 is 1.62 bits per heavy atom. The van der Waals surface area contributed by atoms with Crippen LogP contribution in [0.15, 0.2) is 65.1 Å². The molecule has 0 aliphatic heterocycles. The molecule has 0 aliphatic carbocycles. The van der Waals surface area contributed by atoms with Gasteiger partial charge in [0.15, 0.2) is 5.76 Å². The summed E-state index contributed by atoms with van der Waals surface area (Å²) in [6.07, 6.45) is 1.42. The monoisotopic (exact) mass is 666 g/mol. The van der Waals surface area contributed by atoms with E-state index in [2.05, 4.69) is 10.6 Å². The Labute approximate surface area is 276 Å². The molecule has 4 amide bonds. The van der Waals surface area contributed by atoms with Crippen LogP contribution in [0.1, 0.15) is 53.2 Å². The van der Waals surface area contributed by atoms with E-state index in [4.69, 9.17) is 19.4 Å². The highest BCUT2D eigenvalue weighted by Gasteiger charge is 2.31. The Kier molecular flexibility index (Phi) is 13.7. The molecule has 48 heavy (non-hydrogen) atoms. The van der Waals surface area contributed by atoms with Gasteiger partial charge in [0.25, 0.3) is 11.8 Å². The number of hydrogen-bond donors (Lipinski definition) is 5. The van der Waals surface area contributed by atoms with Gasteiger partial charge in [0.1, 0.15) is 24.6 Å². The summed E-state index contributed by atoms with van der Waals surface area (Å²) in [5.41, 5.74) is 1.32. The molecule has 0 spiro atoms. The fraction of sp³-hybridized carbons (Fsp3) is 0.333. The largest absolute Gasteiger partial charge is 0.493 e. The van der Waals surface area contributed by atoms with Crippen LogP contribution in [0, 0.1) is 5.92 Å². The second-order valence-electron chi connectivity index (χ2n) is 10.6. The normalized spacial score (nSPS) is 11.9. The van der Waals surface area contributed by atoms with E-state index in [-0.39, 0.29) is 42.5 Å². The van der Waals surface area contributed by atoms with Gasteiger partial charge in [0.2, 0.25) is 12.3 Å². The van der Waals surface area contributed by atoms with Crippen molar-refractivity contribution in [2.45, 2.75) is 39.2 Å². The number of carboxylic acids is 2. The van der Waals surface area contributed by atoms with Crippen molar-refractivity contribution in [3.63, 3.8) is 0 Å². The summed E-state index contributed by atoms with van der Waals surface area (Å²) in [7, 11) is 0. The Hall–Kier alpha value is -5.70. The molecule has 1 heterocycles. The minimum absolute atomic E-state index is 0.0501. The zero-order chi connectivity index (χ0) is 35.2. The number of aryl methyl sites for hydroxylation is 1. The van der Waals surface area contributed by atoms with Crippen molar-refractivity contribution in [2.24, 2.45) is 5.92 Å². The molecule has 15 heteroatoms. The first kappa shape index (κ1) is 36.8. The quantitative estimate of drug-likeness (QED) is 0.0542. The highest BCUT2D eigenvalue weighted by Crippen LogP contribution is 2.30. The molecule has 0 saturated heterocycles. The minimum atomic E-state index is -1.39. The number of rotatable bonds is 19. The van der Waals surface area contributed by atoms with E-state index in [0.29, 0.717) is 34.8 Å². The van der Waals surface area contributed by atoms with Crippen LogP contribution in [0.25, 0.3) is 11.3 Å². The lowest BCUT2D eigenvalue weighted by molar-refractivity contribution is -0.168. The number of amides is 4. The van der Waals surface area contributed by atoms with Crippen molar-refractivity contribution >= 4 is 36.1 Å². The van der Waals surface area contributed by atoms with Gasteiger partial charge in [-0.05, 0) is 56.0 Å². The van der Waals surface area contributed by atoms with Crippen LogP contribution in [0.4, 0.5) is 0 Å². The predicted octanol–water partition coefficient (Wildman–Crippen LogP) is 2.64. The zero-order valence-corrected chi connectivity index (χ0v) is 26.5. The lowest BCUT2D eigenvalue weighted by Gasteiger charge is -2.29. The Morgan fingerprint density at radius 3 is 2.23 bits per heavy atom. The van der Waals surface area contributed by atoms with E-state index < -0.39 is 54.7 Å². The van der Waals surface area contributed by atoms with Crippen LogP contribution >= 0.6 is 0 Å². The molecular formula is C33H38N4O11. The number of nitrogens with one attached hydrogen (secondary N) is 2. The topological polar surface area (TPSA) is 216 Å². The first-order valence-electron chi connectivity index (χ1n) is 15.1. The Balaban J connectivity index is 1.69. The fourth-order valence-corrected chi connectivity index (χ4v) is 5.07. The van der Waals surface area contributed by atoms with Gasteiger partial charge in [-0.1, -0.05) is 43.3 Å². The Morgan fingerprint density at radius 1 is 0.938 bits per heavy atom. The summed E-state index contributed by atoms with van der Waals surface area (Å²) in [6, 6.07) is 15.8. The number of nitrogens with zero attached hydrogens (tertiary/aromatic N) is 2. The Bertz CT molecular complexity index is 1580. The molecule has 256 valence electrons. The van der Waals surface area contributed by atoms with Crippen molar-refractivity contribution in [1.29, 1.82) is 0 Å². The van der Waals surface area contributed by atoms with E-state index >= 15 is 0 Å². The first-order chi connectivity index (χ1) is 23.0. The van der Waals surface area contributed by atoms with Crippen LogP contribution in [0.3, 0.4) is 0 Å². The number of hydrogen-bond acceptors (Lipinski definition) is 9. The van der Waals surface area contributed by atoms with Gasteiger partial charge in [-0.3, -0.25) is 34.0 Å². The summed E-state index contributed by atoms with van der Waals surface area (Å²) in [6.45, 7) is 1.61. The summed E-state index contributed by atoms with van der Waals surface area (Å²) >= 11 is 0. The van der Waals surface area contributed by atoms with Crippen LogP contribution in [0.5, 0.6) is 5.75 Å². The van der Waals surface area contributed by atoms with Crippen LogP contribution in [-0.4, -0.2) is 93.9 Å². The van der Waals surface area contributed by atoms with Crippen molar-refractivity contribution in [2.75, 3.05) is 26.4 Å². The third kappa shape index (κ3) is 10.2. The van der Waals surface area contributed by atoms with E-state index in [1.54, 1.807) is 13.8 Å². The molecule has 3 aromatic rings. The molecule has 15 nitrogen and oxygen atoms in total. The maximum Gasteiger partial charge on any atom is 0.323 e. The molecule has 0 fully saturated rings. The van der Waals surface area contributed by atoms with Crippen LogP contribution in [-0.2, 0) is 25.6 Å². The smallest absolute Gasteiger partial charge is 0.323 e. The maximum atomic E-state index is 13.2. The molecule has 5 N–H and O–H groups in total. The molecule has 0 unspecified atom stereocenters. The van der Waals surface area contributed by atoms with E-state index in [1.165, 1.54) is 30.3 Å². The number of furan rings is 1. The first-order valence-corrected chi connectivity index (χ1v) is 15.1. The number of ether oxygens (including phenoxy) is 1. The van der Waals surface area contributed by atoms with Gasteiger partial charge in [-0.2, -0.15) is 0 Å². The second-order valence-corrected chi connectivity index (χ2v) is 10.6. The molecule has 1 aromatic heterocycles. The van der Waals surface area contributed by atoms with Gasteiger partial charge in [0, 0.05) is 5.56 Å². The van der Waals surface area contributed by atoms with Gasteiger partial charge in [-0.25, -0.2) is 5.06 Å². The number of aliphatic carboxylic acids is 2. The summed E-state index contributed by atoms with van der Waals surface area (Å²) in [5.74, 6) is -5.35. The maximum absolute atomic E-state index is 13.2. The van der Waals surface area contributed by atoms with Crippen molar-refractivity contribution in [3.05, 3.63) is 77.6 Å². The summed E-state index contributed by atoms with van der Waals surface area (Å²) in [4.78, 5) is 73.4. The highest BCUT2D eigenvalue weighted by molar-refractivity contribution is 6.00. The fourth-order valence-electron chi connectivity index (χ4n) is 5.07. The summed E-state index contributed by atoms with van der Waals surface area (Å²) in [5, 5.41) is 34.0. The number of benzene rings is 2. The number of hydroxylamine groups is 2. The van der Waals surface area contributed by atoms with E-state index in [9.17, 15) is 34.0 Å². The number of carboxylic acid groups (broad SMARTS) is 2. The van der Waals surface area contributed by atoms with E-state index in [0.717, 1.165) is 5.56 Å². The SMILES string of the molecule is CCOc1cc(-c2ccc(C(=O)NCNC(=O)[C@H](CCc3ccccc3)[C@@H](CC)N(O)C=O)o2)ccc1C(=O)N(CC(=O)O)CC(=O)O. The molecular weight excluding hydrogens is 628 g/mol.